The first-order valence-corrected chi connectivity index (χ1v) is 6.50. The summed E-state index contributed by atoms with van der Waals surface area (Å²) in [6.07, 6.45) is 0. The highest BCUT2D eigenvalue weighted by molar-refractivity contribution is 5.91. The van der Waals surface area contributed by atoms with Crippen LogP contribution in [-0.2, 0) is 13.1 Å². The van der Waals surface area contributed by atoms with Gasteiger partial charge in [0.15, 0.2) is 5.76 Å². The van der Waals surface area contributed by atoms with E-state index in [1.807, 2.05) is 25.1 Å². The van der Waals surface area contributed by atoms with E-state index in [0.717, 1.165) is 22.4 Å². The summed E-state index contributed by atoms with van der Waals surface area (Å²) in [5.41, 5.74) is 2.46. The Kier molecular flexibility index (Phi) is 3.45. The van der Waals surface area contributed by atoms with Crippen LogP contribution >= 0.6 is 0 Å². The number of carboxylic acid groups (broad SMARTS) is 1. The van der Waals surface area contributed by atoms with E-state index in [4.69, 9.17) is 14.0 Å². The first-order chi connectivity index (χ1) is 10.1. The van der Waals surface area contributed by atoms with Crippen molar-refractivity contribution in [3.8, 4) is 0 Å². The number of aromatic carboxylic acids is 1. The second-order valence-electron chi connectivity index (χ2n) is 4.83. The number of hydrogen-bond acceptors (Lipinski definition) is 5. The van der Waals surface area contributed by atoms with Crippen molar-refractivity contribution >= 4 is 16.9 Å². The van der Waals surface area contributed by atoms with Gasteiger partial charge in [0.05, 0.1) is 12.2 Å². The summed E-state index contributed by atoms with van der Waals surface area (Å²) in [5, 5.41) is 16.7. The molecule has 108 valence electrons. The number of benzene rings is 1. The Hall–Kier alpha value is -2.60. The Bertz CT molecular complexity index is 788. The van der Waals surface area contributed by atoms with Gasteiger partial charge >= 0.3 is 5.97 Å². The Morgan fingerprint density at radius 1 is 1.29 bits per heavy atom. The van der Waals surface area contributed by atoms with E-state index >= 15 is 0 Å². The molecule has 0 saturated heterocycles. The maximum absolute atomic E-state index is 10.9. The van der Waals surface area contributed by atoms with Gasteiger partial charge in [-0.1, -0.05) is 11.2 Å². The minimum atomic E-state index is -1.06. The quantitative estimate of drug-likeness (QED) is 0.749. The molecule has 0 saturated carbocycles. The molecule has 0 amide bonds. The summed E-state index contributed by atoms with van der Waals surface area (Å²) >= 11 is 0. The Morgan fingerprint density at radius 2 is 2.14 bits per heavy atom. The molecule has 2 N–H and O–H groups in total. The van der Waals surface area contributed by atoms with E-state index in [9.17, 15) is 4.79 Å². The van der Waals surface area contributed by atoms with Crippen LogP contribution in [0, 0.1) is 6.92 Å². The Balaban J connectivity index is 1.68. The fourth-order valence-corrected chi connectivity index (χ4v) is 2.14. The van der Waals surface area contributed by atoms with Crippen LogP contribution in [0.1, 0.15) is 27.6 Å². The number of hydrogen-bond donors (Lipinski definition) is 2. The maximum atomic E-state index is 10.9. The van der Waals surface area contributed by atoms with Gasteiger partial charge < -0.3 is 19.4 Å². The van der Waals surface area contributed by atoms with Crippen molar-refractivity contribution in [1.29, 1.82) is 0 Å². The van der Waals surface area contributed by atoms with Crippen LogP contribution in [0.4, 0.5) is 0 Å². The van der Waals surface area contributed by atoms with Crippen molar-refractivity contribution in [1.82, 2.24) is 10.5 Å². The second kappa shape index (κ2) is 5.41. The molecular weight excluding hydrogens is 272 g/mol. The number of fused-ring (bicyclic) bond motifs is 1. The van der Waals surface area contributed by atoms with Crippen LogP contribution in [0.3, 0.4) is 0 Å². The van der Waals surface area contributed by atoms with Crippen molar-refractivity contribution in [2.75, 3.05) is 0 Å². The molecule has 0 atom stereocenters. The number of carbonyl (C=O) groups is 1. The molecule has 2 heterocycles. The molecule has 6 heteroatoms. The third-order valence-electron chi connectivity index (χ3n) is 3.10. The number of rotatable bonds is 5. The maximum Gasteiger partial charge on any atom is 0.371 e. The van der Waals surface area contributed by atoms with Crippen LogP contribution in [0.2, 0.25) is 0 Å². The van der Waals surface area contributed by atoms with E-state index in [1.165, 1.54) is 6.07 Å². The molecule has 0 bridgehead atoms. The minimum absolute atomic E-state index is 0.0488. The van der Waals surface area contributed by atoms with Gasteiger partial charge in [0, 0.05) is 18.0 Å². The minimum Gasteiger partial charge on any atom is -0.475 e. The van der Waals surface area contributed by atoms with Crippen molar-refractivity contribution in [2.24, 2.45) is 0 Å². The summed E-state index contributed by atoms with van der Waals surface area (Å²) in [4.78, 5) is 10.9. The lowest BCUT2D eigenvalue weighted by Gasteiger charge is -2.02. The predicted molar refractivity (Wildman–Crippen MR) is 75.0 cm³/mol. The zero-order chi connectivity index (χ0) is 14.8. The van der Waals surface area contributed by atoms with Gasteiger partial charge in [0.25, 0.3) is 0 Å². The second-order valence-corrected chi connectivity index (χ2v) is 4.83. The summed E-state index contributed by atoms with van der Waals surface area (Å²) in [5.74, 6) is -0.330. The molecule has 21 heavy (non-hydrogen) atoms. The predicted octanol–water partition coefficient (Wildman–Crippen LogP) is 2.72. The molecule has 6 nitrogen and oxygen atoms in total. The lowest BCUT2D eigenvalue weighted by Crippen LogP contribution is -2.11. The van der Waals surface area contributed by atoms with E-state index in [0.29, 0.717) is 18.7 Å². The third-order valence-corrected chi connectivity index (χ3v) is 3.10. The zero-order valence-corrected chi connectivity index (χ0v) is 11.4. The molecule has 0 fully saturated rings. The van der Waals surface area contributed by atoms with Gasteiger partial charge in [-0.3, -0.25) is 0 Å². The van der Waals surface area contributed by atoms with Gasteiger partial charge in [0.2, 0.25) is 5.76 Å². The molecule has 1 aromatic carbocycles. The molecule has 3 rings (SSSR count). The normalized spacial score (nSPS) is 11.1. The highest BCUT2D eigenvalue weighted by Gasteiger charge is 2.10. The topological polar surface area (TPSA) is 88.5 Å². The van der Waals surface area contributed by atoms with Gasteiger partial charge in [-0.15, -0.1) is 0 Å². The van der Waals surface area contributed by atoms with Crippen LogP contribution < -0.4 is 5.32 Å². The monoisotopic (exact) mass is 286 g/mol. The molecule has 0 aliphatic rings. The summed E-state index contributed by atoms with van der Waals surface area (Å²) in [7, 11) is 0. The van der Waals surface area contributed by atoms with Crippen LogP contribution in [0.15, 0.2) is 39.3 Å². The third kappa shape index (κ3) is 2.95. The smallest absolute Gasteiger partial charge is 0.371 e. The van der Waals surface area contributed by atoms with Crippen LogP contribution in [0.25, 0.3) is 11.0 Å². The van der Waals surface area contributed by atoms with Crippen molar-refractivity contribution < 1.29 is 18.8 Å². The fraction of sp³-hybridized carbons (Fsp3) is 0.200. The van der Waals surface area contributed by atoms with E-state index in [1.54, 1.807) is 6.07 Å². The number of nitrogens with zero attached hydrogens (tertiary/aromatic N) is 1. The number of aromatic nitrogens is 1. The summed E-state index contributed by atoms with van der Waals surface area (Å²) < 4.78 is 10.3. The fourth-order valence-electron chi connectivity index (χ4n) is 2.14. The molecule has 0 aliphatic heterocycles. The molecule has 0 aliphatic carbocycles. The number of carboxylic acids is 1. The standard InChI is InChI=1S/C15H14N2O4/c1-9-4-12(21-17-9)8-16-7-10-2-3-13-11(5-10)6-14(20-13)15(18)19/h2-6,16H,7-8H2,1H3,(H,18,19). The average Bonchev–Trinajstić information content (AvgIpc) is 3.04. The molecule has 0 spiro atoms. The Morgan fingerprint density at radius 3 is 2.86 bits per heavy atom. The average molecular weight is 286 g/mol. The van der Waals surface area contributed by atoms with Gasteiger partial charge in [0.1, 0.15) is 5.58 Å². The number of nitrogens with one attached hydrogen (secondary N) is 1. The molecule has 2 aromatic heterocycles. The molecule has 3 aromatic rings. The SMILES string of the molecule is Cc1cc(CNCc2ccc3oc(C(=O)O)cc3c2)on1. The van der Waals surface area contributed by atoms with Crippen molar-refractivity contribution in [2.45, 2.75) is 20.0 Å². The highest BCUT2D eigenvalue weighted by atomic mass is 16.5. The summed E-state index contributed by atoms with van der Waals surface area (Å²) in [6.45, 7) is 3.10. The van der Waals surface area contributed by atoms with Crippen LogP contribution in [-0.4, -0.2) is 16.2 Å². The van der Waals surface area contributed by atoms with Gasteiger partial charge in [-0.05, 0) is 30.7 Å². The Labute approximate surface area is 120 Å². The first kappa shape index (κ1) is 13.4. The number of furan rings is 1. The lowest BCUT2D eigenvalue weighted by atomic mass is 10.1. The largest absolute Gasteiger partial charge is 0.475 e. The first-order valence-electron chi connectivity index (χ1n) is 6.50. The lowest BCUT2D eigenvalue weighted by molar-refractivity contribution is 0.0665. The summed E-state index contributed by atoms with van der Waals surface area (Å²) in [6, 6.07) is 8.99. The van der Waals surface area contributed by atoms with Crippen LogP contribution in [0.5, 0.6) is 0 Å². The highest BCUT2D eigenvalue weighted by Crippen LogP contribution is 2.21. The molecule has 0 unspecified atom stereocenters. The zero-order valence-electron chi connectivity index (χ0n) is 11.4. The van der Waals surface area contributed by atoms with Gasteiger partial charge in [-0.25, -0.2) is 4.79 Å². The van der Waals surface area contributed by atoms with Crippen molar-refractivity contribution in [3.63, 3.8) is 0 Å². The van der Waals surface area contributed by atoms with Crippen molar-refractivity contribution in [3.05, 3.63) is 53.1 Å². The van der Waals surface area contributed by atoms with E-state index < -0.39 is 5.97 Å². The molecular formula is C15H14N2O4. The number of aryl methyl sites for hydroxylation is 1. The van der Waals surface area contributed by atoms with Gasteiger partial charge in [-0.2, -0.15) is 0 Å². The van der Waals surface area contributed by atoms with E-state index in [2.05, 4.69) is 10.5 Å². The van der Waals surface area contributed by atoms with E-state index in [-0.39, 0.29) is 5.76 Å². The molecule has 0 radical (unpaired) electrons.